The molecule has 7 heteroatoms. The molecular formula is C17H14BrFN2O2S. The van der Waals surface area contributed by atoms with E-state index in [1.54, 1.807) is 26.0 Å². The first kappa shape index (κ1) is 16.9. The molecule has 1 aromatic carbocycles. The maximum absolute atomic E-state index is 13.1. The number of hydrogen-bond donors (Lipinski definition) is 1. The molecule has 0 saturated carbocycles. The quantitative estimate of drug-likeness (QED) is 0.623. The van der Waals surface area contributed by atoms with E-state index in [1.807, 2.05) is 6.92 Å². The number of nitrogens with one attached hydrogen (secondary N) is 1. The van der Waals surface area contributed by atoms with Gasteiger partial charge in [0.25, 0.3) is 5.91 Å². The lowest BCUT2D eigenvalue weighted by Crippen LogP contribution is -2.12. The SMILES string of the molecule is Cc1oc(C)c(C(=O)Nc2nc(-c3ccc(F)cc3)c(C)s2)c1Br. The molecule has 0 aliphatic carbocycles. The van der Waals surface area contributed by atoms with Gasteiger partial charge in [0, 0.05) is 10.4 Å². The molecular weight excluding hydrogens is 395 g/mol. The summed E-state index contributed by atoms with van der Waals surface area (Å²) in [7, 11) is 0. The van der Waals surface area contributed by atoms with Crippen LogP contribution >= 0.6 is 27.3 Å². The van der Waals surface area contributed by atoms with Crippen LogP contribution in [0.4, 0.5) is 9.52 Å². The number of rotatable bonds is 3. The van der Waals surface area contributed by atoms with Crippen LogP contribution < -0.4 is 5.32 Å². The van der Waals surface area contributed by atoms with Gasteiger partial charge in [0.1, 0.15) is 17.3 Å². The zero-order valence-corrected chi connectivity index (χ0v) is 15.6. The Bertz CT molecular complexity index is 916. The van der Waals surface area contributed by atoms with Gasteiger partial charge in [0.2, 0.25) is 0 Å². The fourth-order valence-corrected chi connectivity index (χ4v) is 3.77. The van der Waals surface area contributed by atoms with Gasteiger partial charge in [-0.2, -0.15) is 0 Å². The third kappa shape index (κ3) is 3.14. The van der Waals surface area contributed by atoms with Gasteiger partial charge >= 0.3 is 0 Å². The Kier molecular flexibility index (Phi) is 4.56. The number of hydrogen-bond acceptors (Lipinski definition) is 4. The standard InChI is InChI=1S/C17H14BrFN2O2S/c1-8-13(14(18)9(2)23-8)16(22)21-17-20-15(10(3)24-17)11-4-6-12(19)7-5-11/h4-7H,1-3H3,(H,20,21,22). The van der Waals surface area contributed by atoms with Crippen molar-refractivity contribution in [2.24, 2.45) is 0 Å². The number of furan rings is 1. The average molecular weight is 409 g/mol. The van der Waals surface area contributed by atoms with Crippen molar-refractivity contribution in [1.29, 1.82) is 0 Å². The minimum Gasteiger partial charge on any atom is -0.465 e. The Morgan fingerprint density at radius 3 is 2.46 bits per heavy atom. The molecule has 2 heterocycles. The number of anilines is 1. The molecule has 0 fully saturated rings. The second-order valence-corrected chi connectivity index (χ2v) is 7.28. The summed E-state index contributed by atoms with van der Waals surface area (Å²) in [5.74, 6) is 0.621. The van der Waals surface area contributed by atoms with E-state index in [0.29, 0.717) is 26.7 Å². The lowest BCUT2D eigenvalue weighted by atomic mass is 10.1. The van der Waals surface area contributed by atoms with Gasteiger partial charge in [-0.15, -0.1) is 11.3 Å². The number of carbonyl (C=O) groups is 1. The first-order valence-corrected chi connectivity index (χ1v) is 8.78. The fraction of sp³-hybridized carbons (Fsp3) is 0.176. The van der Waals surface area contributed by atoms with Crippen molar-refractivity contribution >= 4 is 38.3 Å². The Hall–Kier alpha value is -1.99. The van der Waals surface area contributed by atoms with E-state index in [-0.39, 0.29) is 11.7 Å². The van der Waals surface area contributed by atoms with Gasteiger partial charge in [-0.05, 0) is 61.0 Å². The van der Waals surface area contributed by atoms with E-state index in [4.69, 9.17) is 4.42 Å². The van der Waals surface area contributed by atoms with Gasteiger partial charge in [-0.25, -0.2) is 9.37 Å². The van der Waals surface area contributed by atoms with Gasteiger partial charge in [0.15, 0.2) is 5.13 Å². The molecule has 3 rings (SSSR count). The summed E-state index contributed by atoms with van der Waals surface area (Å²) in [5, 5.41) is 3.29. The van der Waals surface area contributed by atoms with E-state index in [0.717, 1.165) is 16.1 Å². The number of nitrogens with zero attached hydrogens (tertiary/aromatic N) is 1. The highest BCUT2D eigenvalue weighted by Gasteiger charge is 2.21. The van der Waals surface area contributed by atoms with Gasteiger partial charge in [0.05, 0.1) is 15.7 Å². The Morgan fingerprint density at radius 1 is 1.21 bits per heavy atom. The summed E-state index contributed by atoms with van der Waals surface area (Å²) < 4.78 is 19.2. The van der Waals surface area contributed by atoms with Crippen LogP contribution in [0.15, 0.2) is 33.2 Å². The van der Waals surface area contributed by atoms with Crippen molar-refractivity contribution in [3.8, 4) is 11.3 Å². The Morgan fingerprint density at radius 2 is 1.88 bits per heavy atom. The fourth-order valence-electron chi connectivity index (χ4n) is 2.40. The summed E-state index contributed by atoms with van der Waals surface area (Å²) in [6.45, 7) is 5.44. The summed E-state index contributed by atoms with van der Waals surface area (Å²) in [6.07, 6.45) is 0. The second kappa shape index (κ2) is 6.49. The largest absolute Gasteiger partial charge is 0.465 e. The monoisotopic (exact) mass is 408 g/mol. The van der Waals surface area contributed by atoms with Crippen molar-refractivity contribution in [2.75, 3.05) is 5.32 Å². The number of aryl methyl sites for hydroxylation is 3. The number of carbonyl (C=O) groups excluding carboxylic acids is 1. The van der Waals surface area contributed by atoms with Crippen LogP contribution in [0.25, 0.3) is 11.3 Å². The van der Waals surface area contributed by atoms with Crippen molar-refractivity contribution in [3.05, 3.63) is 56.5 Å². The average Bonchev–Trinajstić information content (AvgIpc) is 3.00. The van der Waals surface area contributed by atoms with Gasteiger partial charge < -0.3 is 4.42 Å². The molecule has 3 aromatic rings. The number of halogens is 2. The highest BCUT2D eigenvalue weighted by atomic mass is 79.9. The number of thiazole rings is 1. The van der Waals surface area contributed by atoms with Crippen LogP contribution in [0.5, 0.6) is 0 Å². The van der Waals surface area contributed by atoms with Crippen LogP contribution in [-0.4, -0.2) is 10.9 Å². The molecule has 1 N–H and O–H groups in total. The smallest absolute Gasteiger partial charge is 0.262 e. The Labute approximate surface area is 150 Å². The van der Waals surface area contributed by atoms with Crippen LogP contribution in [0.2, 0.25) is 0 Å². The molecule has 24 heavy (non-hydrogen) atoms. The third-order valence-corrected chi connectivity index (χ3v) is 5.39. The zero-order chi connectivity index (χ0) is 17.4. The molecule has 4 nitrogen and oxygen atoms in total. The molecule has 0 aliphatic rings. The Balaban J connectivity index is 1.88. The minimum atomic E-state index is -0.296. The highest BCUT2D eigenvalue weighted by Crippen LogP contribution is 2.32. The molecule has 0 unspecified atom stereocenters. The van der Waals surface area contributed by atoms with Crippen LogP contribution in [-0.2, 0) is 0 Å². The molecule has 0 bridgehead atoms. The zero-order valence-electron chi connectivity index (χ0n) is 13.2. The number of aromatic nitrogens is 1. The number of amides is 1. The van der Waals surface area contributed by atoms with Gasteiger partial charge in [-0.3, -0.25) is 10.1 Å². The maximum atomic E-state index is 13.1. The van der Waals surface area contributed by atoms with E-state index < -0.39 is 0 Å². The van der Waals surface area contributed by atoms with E-state index in [1.165, 1.54) is 23.5 Å². The number of benzene rings is 1. The molecule has 124 valence electrons. The molecule has 0 radical (unpaired) electrons. The molecule has 0 saturated heterocycles. The van der Waals surface area contributed by atoms with Crippen LogP contribution in [0.1, 0.15) is 26.8 Å². The molecule has 0 atom stereocenters. The van der Waals surface area contributed by atoms with Crippen LogP contribution in [0.3, 0.4) is 0 Å². The topological polar surface area (TPSA) is 55.1 Å². The lowest BCUT2D eigenvalue weighted by molar-refractivity contribution is 0.102. The van der Waals surface area contributed by atoms with E-state index >= 15 is 0 Å². The first-order valence-electron chi connectivity index (χ1n) is 7.17. The summed E-state index contributed by atoms with van der Waals surface area (Å²) in [6, 6.07) is 6.12. The summed E-state index contributed by atoms with van der Waals surface area (Å²) in [4.78, 5) is 17.9. The first-order chi connectivity index (χ1) is 11.4. The molecule has 0 aliphatic heterocycles. The van der Waals surface area contributed by atoms with Crippen molar-refractivity contribution < 1.29 is 13.6 Å². The maximum Gasteiger partial charge on any atom is 0.262 e. The van der Waals surface area contributed by atoms with Gasteiger partial charge in [-0.1, -0.05) is 0 Å². The predicted molar refractivity (Wildman–Crippen MR) is 96.1 cm³/mol. The van der Waals surface area contributed by atoms with E-state index in [2.05, 4.69) is 26.2 Å². The lowest BCUT2D eigenvalue weighted by Gasteiger charge is -2.01. The minimum absolute atomic E-state index is 0.282. The van der Waals surface area contributed by atoms with Crippen molar-refractivity contribution in [1.82, 2.24) is 4.98 Å². The second-order valence-electron chi connectivity index (χ2n) is 5.29. The molecule has 1 amide bonds. The van der Waals surface area contributed by atoms with Crippen molar-refractivity contribution in [2.45, 2.75) is 20.8 Å². The highest BCUT2D eigenvalue weighted by molar-refractivity contribution is 9.10. The normalized spacial score (nSPS) is 10.9. The predicted octanol–water partition coefficient (Wildman–Crippen LogP) is 5.48. The molecule has 2 aromatic heterocycles. The summed E-state index contributed by atoms with van der Waals surface area (Å²) in [5.41, 5.74) is 2.00. The van der Waals surface area contributed by atoms with E-state index in [9.17, 15) is 9.18 Å². The molecule has 0 spiro atoms. The third-order valence-electron chi connectivity index (χ3n) is 3.55. The van der Waals surface area contributed by atoms with Crippen molar-refractivity contribution in [3.63, 3.8) is 0 Å². The van der Waals surface area contributed by atoms with Crippen LogP contribution in [0, 0.1) is 26.6 Å². The summed E-state index contributed by atoms with van der Waals surface area (Å²) >= 11 is 4.74.